The van der Waals surface area contributed by atoms with Crippen molar-refractivity contribution >= 4 is 5.97 Å². The second kappa shape index (κ2) is 9.35. The van der Waals surface area contributed by atoms with Crippen LogP contribution in [-0.4, -0.2) is 77.8 Å². The van der Waals surface area contributed by atoms with Gasteiger partial charge >= 0.3 is 0 Å². The Balaban J connectivity index is 0.000000366. The fourth-order valence-electron chi connectivity index (χ4n) is 1.44. The highest BCUT2D eigenvalue weighted by Gasteiger charge is 2.24. The van der Waals surface area contributed by atoms with Crippen molar-refractivity contribution in [3.05, 3.63) is 0 Å². The first kappa shape index (κ1) is 16.3. The molecule has 0 spiro atoms. The van der Waals surface area contributed by atoms with Crippen LogP contribution >= 0.6 is 0 Å². The van der Waals surface area contributed by atoms with E-state index in [0.717, 1.165) is 43.9 Å². The minimum Gasteiger partial charge on any atom is -0.548 e. The van der Waals surface area contributed by atoms with E-state index in [0.29, 0.717) is 0 Å². The first-order valence-electron chi connectivity index (χ1n) is 5.63. The molecule has 6 nitrogen and oxygen atoms in total. The van der Waals surface area contributed by atoms with Crippen LogP contribution in [0.15, 0.2) is 0 Å². The maximum Gasteiger partial charge on any atom is 0.102 e. The third kappa shape index (κ3) is 9.05. The van der Waals surface area contributed by atoms with Gasteiger partial charge in [0.2, 0.25) is 0 Å². The molecule has 0 radical (unpaired) electrons. The zero-order valence-corrected chi connectivity index (χ0v) is 10.9. The van der Waals surface area contributed by atoms with Crippen LogP contribution in [0.25, 0.3) is 0 Å². The van der Waals surface area contributed by atoms with Crippen molar-refractivity contribution in [2.24, 2.45) is 0 Å². The topological polar surface area (TPSA) is 67.8 Å². The third-order valence-corrected chi connectivity index (χ3v) is 2.65. The minimum atomic E-state index is -1.18. The van der Waals surface area contributed by atoms with Gasteiger partial charge in [0.1, 0.15) is 19.6 Å². The zero-order chi connectivity index (χ0) is 13.1. The molecule has 0 aromatic rings. The van der Waals surface area contributed by atoms with Gasteiger partial charge in [-0.25, -0.2) is 0 Å². The number of aliphatic carboxylic acids is 1. The van der Waals surface area contributed by atoms with Crippen LogP contribution in [0.4, 0.5) is 0 Å². The van der Waals surface area contributed by atoms with Crippen molar-refractivity contribution in [1.82, 2.24) is 0 Å². The average molecular weight is 249 g/mol. The van der Waals surface area contributed by atoms with Crippen molar-refractivity contribution in [2.75, 3.05) is 67.3 Å². The molecule has 0 amide bonds. The van der Waals surface area contributed by atoms with E-state index in [1.165, 1.54) is 7.11 Å². The third-order valence-electron chi connectivity index (χ3n) is 2.65. The van der Waals surface area contributed by atoms with Gasteiger partial charge in [0.05, 0.1) is 39.4 Å². The summed E-state index contributed by atoms with van der Waals surface area (Å²) in [7, 11) is 5.32. The molecular weight excluding hydrogens is 226 g/mol. The summed E-state index contributed by atoms with van der Waals surface area (Å²) in [6, 6.07) is 0. The number of ether oxygens (including phenoxy) is 3. The molecule has 1 fully saturated rings. The molecule has 0 aliphatic carbocycles. The molecule has 1 rings (SSSR count). The van der Waals surface area contributed by atoms with Crippen molar-refractivity contribution in [3.63, 3.8) is 0 Å². The van der Waals surface area contributed by atoms with Crippen molar-refractivity contribution in [1.29, 1.82) is 0 Å². The molecule has 1 aliphatic heterocycles. The molecule has 1 aliphatic rings. The number of carboxylic acids is 1. The Morgan fingerprint density at radius 3 is 2.24 bits per heavy atom. The van der Waals surface area contributed by atoms with Gasteiger partial charge in [0, 0.05) is 14.2 Å². The molecule has 0 N–H and O–H groups in total. The summed E-state index contributed by atoms with van der Waals surface area (Å²) in [4.78, 5) is 9.36. The minimum absolute atomic E-state index is 0.319. The number of carbonyl (C=O) groups is 1. The highest BCUT2D eigenvalue weighted by atomic mass is 16.5. The van der Waals surface area contributed by atoms with Gasteiger partial charge in [0.25, 0.3) is 0 Å². The molecule has 0 atom stereocenters. The standard InChI is InChI=1S/C8H18NO2.C3H6O3/c1-9(3-6-10-2)4-7-11-8-5-9;1-6-2-3(4)5/h3-8H2,1-2H3;2H2,1H3,(H,4,5)/q+1;/p-1. The second-order valence-electron chi connectivity index (χ2n) is 4.20. The van der Waals surface area contributed by atoms with Gasteiger partial charge in [-0.05, 0) is 0 Å². The first-order chi connectivity index (χ1) is 8.04. The maximum atomic E-state index is 9.36. The Bertz CT molecular complexity index is 204. The van der Waals surface area contributed by atoms with Gasteiger partial charge in [-0.15, -0.1) is 0 Å². The number of carbonyl (C=O) groups excluding carboxylic acids is 1. The molecule has 0 aromatic carbocycles. The fourth-order valence-corrected chi connectivity index (χ4v) is 1.44. The number of rotatable bonds is 5. The summed E-state index contributed by atoms with van der Waals surface area (Å²) in [6.07, 6.45) is 0. The Kier molecular flexibility index (Phi) is 8.97. The molecule has 0 saturated carbocycles. The number of hydrogen-bond acceptors (Lipinski definition) is 5. The molecule has 17 heavy (non-hydrogen) atoms. The lowest BCUT2D eigenvalue weighted by molar-refractivity contribution is -0.917. The Hall–Kier alpha value is -0.690. The SMILES string of the molecule is COCC(=O)[O-].COCC[N+]1(C)CCOCC1. The Labute approximate surface area is 103 Å². The lowest BCUT2D eigenvalue weighted by Gasteiger charge is -2.37. The van der Waals surface area contributed by atoms with Crippen molar-refractivity contribution < 1.29 is 28.6 Å². The molecule has 1 saturated heterocycles. The summed E-state index contributed by atoms with van der Waals surface area (Å²) in [5.41, 5.74) is 0. The summed E-state index contributed by atoms with van der Waals surface area (Å²) in [5, 5.41) is 9.36. The number of carboxylic acid groups (broad SMARTS) is 1. The molecule has 0 unspecified atom stereocenters. The average Bonchev–Trinajstić information content (AvgIpc) is 2.28. The van der Waals surface area contributed by atoms with E-state index in [2.05, 4.69) is 11.8 Å². The van der Waals surface area contributed by atoms with E-state index in [-0.39, 0.29) is 6.61 Å². The number of methoxy groups -OCH3 is 2. The molecule has 0 bridgehead atoms. The van der Waals surface area contributed by atoms with Gasteiger partial charge in [-0.2, -0.15) is 0 Å². The summed E-state index contributed by atoms with van der Waals surface area (Å²) < 4.78 is 15.6. The number of morpholine rings is 1. The van der Waals surface area contributed by atoms with Crippen LogP contribution in [0.1, 0.15) is 0 Å². The highest BCUT2D eigenvalue weighted by Crippen LogP contribution is 2.06. The predicted octanol–water partition coefficient (Wildman–Crippen LogP) is -1.51. The van der Waals surface area contributed by atoms with E-state index in [4.69, 9.17) is 9.47 Å². The quantitative estimate of drug-likeness (QED) is 0.554. The van der Waals surface area contributed by atoms with Crippen LogP contribution in [0.3, 0.4) is 0 Å². The van der Waals surface area contributed by atoms with Gasteiger partial charge in [0.15, 0.2) is 0 Å². The van der Waals surface area contributed by atoms with Crippen LogP contribution in [-0.2, 0) is 19.0 Å². The second-order valence-corrected chi connectivity index (χ2v) is 4.20. The first-order valence-corrected chi connectivity index (χ1v) is 5.63. The highest BCUT2D eigenvalue weighted by molar-refractivity contribution is 5.65. The van der Waals surface area contributed by atoms with Crippen LogP contribution < -0.4 is 5.11 Å². The molecule has 0 aromatic heterocycles. The van der Waals surface area contributed by atoms with E-state index in [1.807, 2.05) is 0 Å². The number of hydrogen-bond donors (Lipinski definition) is 0. The Morgan fingerprint density at radius 2 is 1.88 bits per heavy atom. The monoisotopic (exact) mass is 249 g/mol. The lowest BCUT2D eigenvalue weighted by atomic mass is 10.3. The van der Waals surface area contributed by atoms with Crippen molar-refractivity contribution in [2.45, 2.75) is 0 Å². The fraction of sp³-hybridized carbons (Fsp3) is 0.909. The van der Waals surface area contributed by atoms with Crippen LogP contribution in [0.2, 0.25) is 0 Å². The van der Waals surface area contributed by atoms with Crippen molar-refractivity contribution in [3.8, 4) is 0 Å². The Morgan fingerprint density at radius 1 is 1.29 bits per heavy atom. The largest absolute Gasteiger partial charge is 0.548 e. The molecule has 102 valence electrons. The van der Waals surface area contributed by atoms with E-state index < -0.39 is 5.97 Å². The van der Waals surface area contributed by atoms with Gasteiger partial charge in [-0.3, -0.25) is 0 Å². The summed E-state index contributed by atoms with van der Waals surface area (Å²) in [5.74, 6) is -1.18. The van der Waals surface area contributed by atoms with Crippen LogP contribution in [0, 0.1) is 0 Å². The number of likely N-dealkylation sites (N-methyl/N-ethyl adjacent to an activating group) is 1. The number of quaternary nitrogens is 1. The van der Waals surface area contributed by atoms with Crippen LogP contribution in [0.5, 0.6) is 0 Å². The lowest BCUT2D eigenvalue weighted by Crippen LogP contribution is -2.53. The number of nitrogens with zero attached hydrogens (tertiary/aromatic N) is 1. The van der Waals surface area contributed by atoms with E-state index >= 15 is 0 Å². The maximum absolute atomic E-state index is 9.36. The molecule has 6 heteroatoms. The normalized spacial score (nSPS) is 18.1. The van der Waals surface area contributed by atoms with Gasteiger partial charge in [-0.1, -0.05) is 0 Å². The van der Waals surface area contributed by atoms with Gasteiger partial charge < -0.3 is 28.6 Å². The predicted molar refractivity (Wildman–Crippen MR) is 60.4 cm³/mol. The smallest absolute Gasteiger partial charge is 0.102 e. The summed E-state index contributed by atoms with van der Waals surface area (Å²) >= 11 is 0. The zero-order valence-electron chi connectivity index (χ0n) is 10.9. The molecular formula is C11H23NO5. The molecule has 1 heterocycles. The summed E-state index contributed by atoms with van der Waals surface area (Å²) in [6.45, 7) is 5.71. The van der Waals surface area contributed by atoms with E-state index in [9.17, 15) is 9.90 Å². The van der Waals surface area contributed by atoms with E-state index in [1.54, 1.807) is 7.11 Å².